The SMILES string of the molecule is CCc1c(C(=O)Nc2cccc(S(=O)(=O)/N=C3/CCCN3C)c2)cnn1-c1ccc(F)cc1. The van der Waals surface area contributed by atoms with Crippen LogP contribution in [0.4, 0.5) is 10.1 Å². The normalized spacial score (nSPS) is 15.2. The molecular formula is C23H24FN5O3S. The summed E-state index contributed by atoms with van der Waals surface area (Å²) in [5, 5.41) is 7.03. The largest absolute Gasteiger partial charge is 0.362 e. The highest BCUT2D eigenvalue weighted by atomic mass is 32.2. The number of amidine groups is 1. The van der Waals surface area contributed by atoms with Crippen LogP contribution < -0.4 is 5.32 Å². The topological polar surface area (TPSA) is 96.7 Å². The average Bonchev–Trinajstić information content (AvgIpc) is 3.40. The van der Waals surface area contributed by atoms with E-state index in [4.69, 9.17) is 0 Å². The van der Waals surface area contributed by atoms with Gasteiger partial charge in [-0.3, -0.25) is 4.79 Å². The summed E-state index contributed by atoms with van der Waals surface area (Å²) in [4.78, 5) is 14.8. The van der Waals surface area contributed by atoms with Gasteiger partial charge < -0.3 is 10.2 Å². The van der Waals surface area contributed by atoms with Gasteiger partial charge in [0.1, 0.15) is 11.7 Å². The zero-order chi connectivity index (χ0) is 23.6. The molecule has 1 aliphatic rings. The molecule has 4 rings (SSSR count). The minimum atomic E-state index is -3.90. The van der Waals surface area contributed by atoms with E-state index < -0.39 is 15.9 Å². The molecular weight excluding hydrogens is 445 g/mol. The van der Waals surface area contributed by atoms with Crippen LogP contribution in [0, 0.1) is 5.82 Å². The van der Waals surface area contributed by atoms with Gasteiger partial charge in [0.25, 0.3) is 15.9 Å². The van der Waals surface area contributed by atoms with Crippen LogP contribution >= 0.6 is 0 Å². The van der Waals surface area contributed by atoms with E-state index in [0.29, 0.717) is 41.3 Å². The van der Waals surface area contributed by atoms with Crippen molar-refractivity contribution in [3.8, 4) is 5.69 Å². The predicted octanol–water partition coefficient (Wildman–Crippen LogP) is 3.64. The summed E-state index contributed by atoms with van der Waals surface area (Å²) in [6, 6.07) is 11.8. The van der Waals surface area contributed by atoms with Gasteiger partial charge in [0.05, 0.1) is 28.0 Å². The number of aromatic nitrogens is 2. The van der Waals surface area contributed by atoms with Gasteiger partial charge in [0, 0.05) is 25.7 Å². The Hall–Kier alpha value is -3.53. The monoisotopic (exact) mass is 469 g/mol. The Balaban J connectivity index is 1.58. The lowest BCUT2D eigenvalue weighted by atomic mass is 10.2. The third kappa shape index (κ3) is 4.80. The molecule has 33 heavy (non-hydrogen) atoms. The van der Waals surface area contributed by atoms with Crippen LogP contribution in [0.5, 0.6) is 0 Å². The highest BCUT2D eigenvalue weighted by molar-refractivity contribution is 7.90. The van der Waals surface area contributed by atoms with Gasteiger partial charge in [-0.25, -0.2) is 9.07 Å². The maximum absolute atomic E-state index is 13.3. The Morgan fingerprint density at radius 1 is 1.21 bits per heavy atom. The zero-order valence-electron chi connectivity index (χ0n) is 18.3. The van der Waals surface area contributed by atoms with Crippen molar-refractivity contribution in [3.63, 3.8) is 0 Å². The highest BCUT2D eigenvalue weighted by Crippen LogP contribution is 2.22. The Bertz CT molecular complexity index is 1320. The Labute approximate surface area is 191 Å². The smallest absolute Gasteiger partial charge is 0.284 e. The molecule has 1 saturated heterocycles. The molecule has 1 aliphatic heterocycles. The fourth-order valence-electron chi connectivity index (χ4n) is 3.74. The number of benzene rings is 2. The summed E-state index contributed by atoms with van der Waals surface area (Å²) in [6.07, 6.45) is 3.44. The van der Waals surface area contributed by atoms with Gasteiger partial charge in [0.15, 0.2) is 0 Å². The van der Waals surface area contributed by atoms with E-state index in [1.165, 1.54) is 30.5 Å². The van der Waals surface area contributed by atoms with E-state index in [9.17, 15) is 17.6 Å². The summed E-state index contributed by atoms with van der Waals surface area (Å²) in [5.74, 6) is -0.247. The van der Waals surface area contributed by atoms with Crippen LogP contribution in [0.2, 0.25) is 0 Å². The number of hydrogen-bond donors (Lipinski definition) is 1. The number of nitrogens with zero attached hydrogens (tertiary/aromatic N) is 4. The first-order chi connectivity index (χ1) is 15.8. The standard InChI is InChI=1S/C23H24FN5O3S/c1-3-21-20(15-25-29(21)18-11-9-16(24)10-12-18)23(30)26-17-6-4-7-19(14-17)33(31,32)27-22-8-5-13-28(22)2/h4,6-7,9-12,14-15H,3,5,8,13H2,1-2H3,(H,26,30)/b27-22-. The number of likely N-dealkylation sites (tertiary alicyclic amines) is 1. The predicted molar refractivity (Wildman–Crippen MR) is 124 cm³/mol. The highest BCUT2D eigenvalue weighted by Gasteiger charge is 2.22. The van der Waals surface area contributed by atoms with Crippen LogP contribution in [-0.4, -0.2) is 48.4 Å². The second-order valence-corrected chi connectivity index (χ2v) is 9.34. The minimum absolute atomic E-state index is 0.00539. The van der Waals surface area contributed by atoms with Crippen molar-refractivity contribution in [1.82, 2.24) is 14.7 Å². The number of nitrogens with one attached hydrogen (secondary N) is 1. The van der Waals surface area contributed by atoms with Gasteiger partial charge in [-0.2, -0.15) is 13.5 Å². The molecule has 1 amide bonds. The number of hydrogen-bond acceptors (Lipinski definition) is 4. The Morgan fingerprint density at radius 3 is 2.64 bits per heavy atom. The van der Waals surface area contributed by atoms with E-state index in [1.807, 2.05) is 18.9 Å². The molecule has 1 aromatic heterocycles. The number of halogens is 1. The lowest BCUT2D eigenvalue weighted by molar-refractivity contribution is 0.102. The zero-order valence-corrected chi connectivity index (χ0v) is 19.1. The fourth-order valence-corrected chi connectivity index (χ4v) is 4.88. The molecule has 1 fully saturated rings. The first-order valence-electron chi connectivity index (χ1n) is 10.6. The lowest BCUT2D eigenvalue weighted by Gasteiger charge is -2.11. The van der Waals surface area contributed by atoms with Gasteiger partial charge in [0.2, 0.25) is 0 Å². The van der Waals surface area contributed by atoms with Crippen LogP contribution in [0.3, 0.4) is 0 Å². The molecule has 1 N–H and O–H groups in total. The van der Waals surface area contributed by atoms with Crippen LogP contribution in [0.15, 0.2) is 64.0 Å². The number of sulfonamides is 1. The number of carbonyl (C=O) groups is 1. The Morgan fingerprint density at radius 2 is 1.97 bits per heavy atom. The molecule has 0 radical (unpaired) electrons. The molecule has 0 unspecified atom stereocenters. The van der Waals surface area contributed by atoms with Crippen LogP contribution in [-0.2, 0) is 16.4 Å². The summed E-state index contributed by atoms with van der Waals surface area (Å²) >= 11 is 0. The molecule has 172 valence electrons. The van der Waals surface area contributed by atoms with E-state index in [-0.39, 0.29) is 10.7 Å². The van der Waals surface area contributed by atoms with E-state index in [1.54, 1.807) is 28.9 Å². The summed E-state index contributed by atoms with van der Waals surface area (Å²) < 4.78 is 44.3. The van der Waals surface area contributed by atoms with Crippen molar-refractivity contribution in [2.45, 2.75) is 31.1 Å². The second-order valence-electron chi connectivity index (χ2n) is 7.74. The molecule has 2 aromatic carbocycles. The van der Waals surface area contributed by atoms with E-state index in [0.717, 1.165) is 13.0 Å². The second kappa shape index (κ2) is 9.14. The van der Waals surface area contributed by atoms with Crippen molar-refractivity contribution in [2.75, 3.05) is 18.9 Å². The minimum Gasteiger partial charge on any atom is -0.362 e. The van der Waals surface area contributed by atoms with E-state index in [2.05, 4.69) is 14.8 Å². The van der Waals surface area contributed by atoms with Crippen molar-refractivity contribution in [3.05, 3.63) is 71.8 Å². The lowest BCUT2D eigenvalue weighted by Crippen LogP contribution is -2.20. The number of anilines is 1. The van der Waals surface area contributed by atoms with Crippen molar-refractivity contribution in [2.24, 2.45) is 4.40 Å². The average molecular weight is 470 g/mol. The summed E-state index contributed by atoms with van der Waals surface area (Å²) in [7, 11) is -2.09. The van der Waals surface area contributed by atoms with Crippen LogP contribution in [0.25, 0.3) is 5.69 Å². The molecule has 0 spiro atoms. The Kier molecular flexibility index (Phi) is 6.28. The maximum Gasteiger partial charge on any atom is 0.284 e. The quantitative estimate of drug-likeness (QED) is 0.595. The first-order valence-corrected chi connectivity index (χ1v) is 12.0. The fraction of sp³-hybridized carbons (Fsp3) is 0.261. The molecule has 0 bridgehead atoms. The number of carbonyl (C=O) groups excluding carboxylic acids is 1. The molecule has 10 heteroatoms. The van der Waals surface area contributed by atoms with Crippen LogP contribution in [0.1, 0.15) is 35.8 Å². The maximum atomic E-state index is 13.3. The van der Waals surface area contributed by atoms with Gasteiger partial charge in [-0.15, -0.1) is 4.40 Å². The third-order valence-electron chi connectivity index (χ3n) is 5.47. The van der Waals surface area contributed by atoms with Gasteiger partial charge in [-0.05, 0) is 55.3 Å². The third-order valence-corrected chi connectivity index (χ3v) is 6.77. The van der Waals surface area contributed by atoms with Gasteiger partial charge in [-0.1, -0.05) is 13.0 Å². The van der Waals surface area contributed by atoms with Gasteiger partial charge >= 0.3 is 0 Å². The van der Waals surface area contributed by atoms with Crippen molar-refractivity contribution < 1.29 is 17.6 Å². The molecule has 8 nitrogen and oxygen atoms in total. The van der Waals surface area contributed by atoms with Crippen molar-refractivity contribution >= 4 is 27.5 Å². The summed E-state index contributed by atoms with van der Waals surface area (Å²) in [6.45, 7) is 2.66. The van der Waals surface area contributed by atoms with E-state index >= 15 is 0 Å². The molecule has 0 aliphatic carbocycles. The first kappa shape index (κ1) is 22.7. The number of amides is 1. The summed E-state index contributed by atoms with van der Waals surface area (Å²) in [5.41, 5.74) is 1.97. The number of rotatable bonds is 6. The molecule has 2 heterocycles. The van der Waals surface area contributed by atoms with Crippen molar-refractivity contribution in [1.29, 1.82) is 0 Å². The molecule has 0 saturated carbocycles. The molecule has 0 atom stereocenters. The molecule has 3 aromatic rings.